The van der Waals surface area contributed by atoms with Crippen molar-refractivity contribution in [3.05, 3.63) is 75.6 Å². The maximum atomic E-state index is 12.3. The number of carboxylic acid groups (broad SMARTS) is 1. The second-order valence-corrected chi connectivity index (χ2v) is 5.44. The molecule has 24 heavy (non-hydrogen) atoms. The minimum Gasteiger partial charge on any atom is -0.478 e. The van der Waals surface area contributed by atoms with Crippen molar-refractivity contribution in [3.8, 4) is 0 Å². The molecule has 120 valence electrons. The minimum atomic E-state index is -1.09. The molecular formula is C18H14N2O4. The fourth-order valence-corrected chi connectivity index (χ4v) is 2.41. The lowest BCUT2D eigenvalue weighted by Gasteiger charge is -2.07. The second kappa shape index (κ2) is 6.00. The summed E-state index contributed by atoms with van der Waals surface area (Å²) in [7, 11) is 0. The average molecular weight is 322 g/mol. The summed E-state index contributed by atoms with van der Waals surface area (Å²) in [5.41, 5.74) is 1.48. The quantitative estimate of drug-likeness (QED) is 0.690. The van der Waals surface area contributed by atoms with Gasteiger partial charge in [-0.3, -0.25) is 9.59 Å². The Balaban J connectivity index is 1.95. The molecule has 0 unspecified atom stereocenters. The van der Waals surface area contributed by atoms with Gasteiger partial charge in [-0.2, -0.15) is 0 Å². The minimum absolute atomic E-state index is 0.0351. The van der Waals surface area contributed by atoms with Crippen LogP contribution in [0, 0.1) is 6.92 Å². The Bertz CT molecular complexity index is 1020. The third-order valence-corrected chi connectivity index (χ3v) is 3.61. The zero-order chi connectivity index (χ0) is 17.3. The molecule has 0 aliphatic carbocycles. The van der Waals surface area contributed by atoms with E-state index in [1.165, 1.54) is 24.3 Å². The highest BCUT2D eigenvalue weighted by Gasteiger charge is 2.13. The van der Waals surface area contributed by atoms with Crippen molar-refractivity contribution >= 4 is 28.5 Å². The van der Waals surface area contributed by atoms with Gasteiger partial charge in [-0.15, -0.1) is 0 Å². The van der Waals surface area contributed by atoms with Crippen LogP contribution in [0.4, 0.5) is 5.69 Å². The average Bonchev–Trinajstić information content (AvgIpc) is 2.54. The van der Waals surface area contributed by atoms with Crippen molar-refractivity contribution in [2.75, 3.05) is 5.32 Å². The van der Waals surface area contributed by atoms with Crippen LogP contribution in [-0.4, -0.2) is 22.0 Å². The Morgan fingerprint density at radius 3 is 2.62 bits per heavy atom. The maximum absolute atomic E-state index is 12.3. The number of rotatable bonds is 3. The number of amides is 1. The van der Waals surface area contributed by atoms with Crippen LogP contribution in [0.2, 0.25) is 0 Å². The summed E-state index contributed by atoms with van der Waals surface area (Å²) in [6.45, 7) is 1.91. The van der Waals surface area contributed by atoms with Gasteiger partial charge in [0, 0.05) is 11.2 Å². The largest absolute Gasteiger partial charge is 0.478 e. The number of aromatic amines is 1. The number of aromatic carboxylic acids is 1. The van der Waals surface area contributed by atoms with E-state index in [9.17, 15) is 14.4 Å². The summed E-state index contributed by atoms with van der Waals surface area (Å²) in [4.78, 5) is 38.1. The summed E-state index contributed by atoms with van der Waals surface area (Å²) >= 11 is 0. The molecule has 0 radical (unpaired) electrons. The Morgan fingerprint density at radius 2 is 1.88 bits per heavy atom. The molecule has 0 spiro atoms. The summed E-state index contributed by atoms with van der Waals surface area (Å²) in [6.07, 6.45) is 0. The number of carboxylic acids is 1. The molecule has 3 aromatic rings. The van der Waals surface area contributed by atoms with Gasteiger partial charge >= 0.3 is 5.97 Å². The first-order chi connectivity index (χ1) is 11.4. The monoisotopic (exact) mass is 322 g/mol. The molecule has 0 aliphatic heterocycles. The van der Waals surface area contributed by atoms with Crippen LogP contribution in [0.25, 0.3) is 10.9 Å². The Hall–Kier alpha value is -3.41. The van der Waals surface area contributed by atoms with Gasteiger partial charge in [-0.05, 0) is 48.2 Å². The predicted octanol–water partition coefficient (Wildman–Crippen LogP) is 2.79. The fraction of sp³-hybridized carbons (Fsp3) is 0.0556. The number of pyridine rings is 1. The van der Waals surface area contributed by atoms with Gasteiger partial charge in [0.1, 0.15) is 5.56 Å². The number of aryl methyl sites for hydroxylation is 1. The van der Waals surface area contributed by atoms with E-state index in [0.717, 1.165) is 10.9 Å². The molecule has 0 fully saturated rings. The van der Waals surface area contributed by atoms with E-state index in [1.54, 1.807) is 6.07 Å². The molecule has 0 saturated carbocycles. The summed E-state index contributed by atoms with van der Waals surface area (Å²) in [5, 5.41) is 12.3. The lowest BCUT2D eigenvalue weighted by molar-refractivity contribution is 0.0696. The highest BCUT2D eigenvalue weighted by atomic mass is 16.4. The predicted molar refractivity (Wildman–Crippen MR) is 90.7 cm³/mol. The molecule has 0 saturated heterocycles. The zero-order valence-corrected chi connectivity index (χ0v) is 12.8. The Labute approximate surface area is 136 Å². The lowest BCUT2D eigenvalue weighted by Crippen LogP contribution is -2.23. The van der Waals surface area contributed by atoms with Crippen molar-refractivity contribution in [2.24, 2.45) is 0 Å². The molecule has 6 heteroatoms. The highest BCUT2D eigenvalue weighted by molar-refractivity contribution is 6.06. The fourth-order valence-electron chi connectivity index (χ4n) is 2.41. The standard InChI is InChI=1S/C18H14N2O4/c1-10-5-6-11-9-14(17(22)20-15(11)7-10)16(21)19-13-4-2-3-12(8-13)18(23)24/h2-9H,1H3,(H,19,21)(H,20,22)(H,23,24). The summed E-state index contributed by atoms with van der Waals surface area (Å²) in [6, 6.07) is 12.9. The summed E-state index contributed by atoms with van der Waals surface area (Å²) < 4.78 is 0. The van der Waals surface area contributed by atoms with Gasteiger partial charge in [0.25, 0.3) is 11.5 Å². The van der Waals surface area contributed by atoms with E-state index in [0.29, 0.717) is 11.2 Å². The first-order valence-electron chi connectivity index (χ1n) is 7.22. The van der Waals surface area contributed by atoms with Crippen LogP contribution in [-0.2, 0) is 0 Å². The number of hydrogen-bond donors (Lipinski definition) is 3. The Morgan fingerprint density at radius 1 is 1.08 bits per heavy atom. The van der Waals surface area contributed by atoms with Gasteiger partial charge in [-0.25, -0.2) is 4.79 Å². The highest BCUT2D eigenvalue weighted by Crippen LogP contribution is 2.15. The Kier molecular flexibility index (Phi) is 3.87. The van der Waals surface area contributed by atoms with E-state index in [2.05, 4.69) is 10.3 Å². The van der Waals surface area contributed by atoms with Crippen molar-refractivity contribution < 1.29 is 14.7 Å². The second-order valence-electron chi connectivity index (χ2n) is 5.44. The van der Waals surface area contributed by atoms with Gasteiger partial charge in [0.15, 0.2) is 0 Å². The van der Waals surface area contributed by atoms with E-state index in [-0.39, 0.29) is 11.1 Å². The molecule has 1 aromatic heterocycles. The normalized spacial score (nSPS) is 10.5. The van der Waals surface area contributed by atoms with Crippen LogP contribution < -0.4 is 10.9 Å². The van der Waals surface area contributed by atoms with Crippen LogP contribution in [0.3, 0.4) is 0 Å². The number of fused-ring (bicyclic) bond motifs is 1. The van der Waals surface area contributed by atoms with Crippen LogP contribution in [0.1, 0.15) is 26.3 Å². The third-order valence-electron chi connectivity index (χ3n) is 3.61. The van der Waals surface area contributed by atoms with Gasteiger partial charge < -0.3 is 15.4 Å². The number of hydrogen-bond acceptors (Lipinski definition) is 3. The number of H-pyrrole nitrogens is 1. The van der Waals surface area contributed by atoms with Crippen LogP contribution in [0.5, 0.6) is 0 Å². The van der Waals surface area contributed by atoms with Crippen LogP contribution >= 0.6 is 0 Å². The smallest absolute Gasteiger partial charge is 0.335 e. The number of aromatic nitrogens is 1. The molecule has 1 heterocycles. The van der Waals surface area contributed by atoms with Crippen LogP contribution in [0.15, 0.2) is 53.3 Å². The number of benzene rings is 2. The molecule has 0 bridgehead atoms. The summed E-state index contributed by atoms with van der Waals surface area (Å²) in [5.74, 6) is -1.69. The van der Waals surface area contributed by atoms with Crippen molar-refractivity contribution in [3.63, 3.8) is 0 Å². The number of carbonyl (C=O) groups is 2. The molecule has 6 nitrogen and oxygen atoms in total. The molecule has 3 rings (SSSR count). The number of carbonyl (C=O) groups excluding carboxylic acids is 1. The molecule has 1 amide bonds. The number of nitrogens with one attached hydrogen (secondary N) is 2. The molecule has 0 atom stereocenters. The molecule has 0 aliphatic rings. The SMILES string of the molecule is Cc1ccc2cc(C(=O)Nc3cccc(C(=O)O)c3)c(=O)[nH]c2c1. The van der Waals surface area contributed by atoms with Crippen molar-refractivity contribution in [1.82, 2.24) is 4.98 Å². The first kappa shape index (κ1) is 15.5. The van der Waals surface area contributed by atoms with E-state index in [1.807, 2.05) is 25.1 Å². The maximum Gasteiger partial charge on any atom is 0.335 e. The molecule has 2 aromatic carbocycles. The van der Waals surface area contributed by atoms with Gasteiger partial charge in [0.05, 0.1) is 5.56 Å². The van der Waals surface area contributed by atoms with E-state index in [4.69, 9.17) is 5.11 Å². The van der Waals surface area contributed by atoms with Gasteiger partial charge in [-0.1, -0.05) is 18.2 Å². The number of anilines is 1. The van der Waals surface area contributed by atoms with Gasteiger partial charge in [0.2, 0.25) is 0 Å². The van der Waals surface area contributed by atoms with E-state index >= 15 is 0 Å². The van der Waals surface area contributed by atoms with E-state index < -0.39 is 17.4 Å². The first-order valence-corrected chi connectivity index (χ1v) is 7.22. The molecular weight excluding hydrogens is 308 g/mol. The topological polar surface area (TPSA) is 99.3 Å². The van der Waals surface area contributed by atoms with Crippen molar-refractivity contribution in [2.45, 2.75) is 6.92 Å². The van der Waals surface area contributed by atoms with Crippen molar-refractivity contribution in [1.29, 1.82) is 0 Å². The molecule has 3 N–H and O–H groups in total. The third kappa shape index (κ3) is 3.03. The lowest BCUT2D eigenvalue weighted by atomic mass is 10.1. The zero-order valence-electron chi connectivity index (χ0n) is 12.8.